The van der Waals surface area contributed by atoms with Gasteiger partial charge in [0.1, 0.15) is 11.5 Å². The van der Waals surface area contributed by atoms with Crippen molar-refractivity contribution in [2.24, 2.45) is 0 Å². The summed E-state index contributed by atoms with van der Waals surface area (Å²) in [6, 6.07) is 15.3. The average Bonchev–Trinajstić information content (AvgIpc) is 2.46. The average molecular weight is 346 g/mol. The molecule has 0 unspecified atom stereocenters. The van der Waals surface area contributed by atoms with Gasteiger partial charge in [0.05, 0.1) is 0 Å². The van der Waals surface area contributed by atoms with E-state index in [-0.39, 0.29) is 10.8 Å². The Bertz CT molecular complexity index is 663. The van der Waals surface area contributed by atoms with Crippen LogP contribution in [0, 0.1) is 0 Å². The third-order valence-electron chi connectivity index (χ3n) is 3.78. The highest BCUT2D eigenvalue weighted by Gasteiger charge is 2.22. The van der Waals surface area contributed by atoms with Crippen LogP contribution in [-0.2, 0) is 15.4 Å². The summed E-state index contributed by atoms with van der Waals surface area (Å²) in [4.78, 5) is 0. The largest absolute Gasteiger partial charge is 0.418 e. The van der Waals surface area contributed by atoms with Gasteiger partial charge in [-0.05, 0) is 23.0 Å². The zero-order valence-corrected chi connectivity index (χ0v) is 16.3. The molecule has 3 nitrogen and oxygen atoms in total. The summed E-state index contributed by atoms with van der Waals surface area (Å²) in [5.41, 5.74) is 1.83. The monoisotopic (exact) mass is 346 g/mol. The predicted molar refractivity (Wildman–Crippen MR) is 101 cm³/mol. The first-order valence-corrected chi connectivity index (χ1v) is 9.40. The summed E-state index contributed by atoms with van der Waals surface area (Å²) >= 11 is 0. The molecule has 0 aliphatic rings. The first kappa shape index (κ1) is 18.6. The quantitative estimate of drug-likeness (QED) is 0.625. The van der Waals surface area contributed by atoms with Gasteiger partial charge >= 0.3 is 8.25 Å². The highest BCUT2D eigenvalue weighted by molar-refractivity contribution is 7.34. The molecule has 0 fully saturated rings. The Hall–Kier alpha value is -1.73. The smallest absolute Gasteiger partial charge is 0.418 e. The number of hydrogen-bond acceptors (Lipinski definition) is 3. The van der Waals surface area contributed by atoms with Crippen molar-refractivity contribution in [1.82, 2.24) is 0 Å². The van der Waals surface area contributed by atoms with Crippen molar-refractivity contribution in [1.29, 1.82) is 0 Å². The molecule has 4 heteroatoms. The Balaban J connectivity index is 2.22. The first-order valence-electron chi connectivity index (χ1n) is 8.18. The van der Waals surface area contributed by atoms with Gasteiger partial charge in [-0.1, -0.05) is 77.9 Å². The molecule has 0 saturated carbocycles. The van der Waals surface area contributed by atoms with Gasteiger partial charge in [-0.25, -0.2) is 4.57 Å². The van der Waals surface area contributed by atoms with Gasteiger partial charge in [0, 0.05) is 11.1 Å². The van der Waals surface area contributed by atoms with Gasteiger partial charge in [-0.15, -0.1) is 0 Å². The maximum absolute atomic E-state index is 12.5. The third-order valence-corrected chi connectivity index (χ3v) is 4.55. The molecule has 0 aliphatic heterocycles. The Morgan fingerprint density at radius 3 is 1.33 bits per heavy atom. The maximum Gasteiger partial charge on any atom is 0.418 e. The summed E-state index contributed by atoms with van der Waals surface area (Å²) in [5.74, 6) is 1.23. The van der Waals surface area contributed by atoms with E-state index >= 15 is 0 Å². The van der Waals surface area contributed by atoms with Gasteiger partial charge in [-0.2, -0.15) is 0 Å². The molecule has 0 saturated heterocycles. The van der Waals surface area contributed by atoms with Crippen molar-refractivity contribution in [3.8, 4) is 11.5 Å². The van der Waals surface area contributed by atoms with E-state index in [0.717, 1.165) is 11.1 Å². The lowest BCUT2D eigenvalue weighted by Gasteiger charge is -2.24. The second-order valence-corrected chi connectivity index (χ2v) is 8.85. The lowest BCUT2D eigenvalue weighted by molar-refractivity contribution is 0.403. The lowest BCUT2D eigenvalue weighted by atomic mass is 9.86. The molecule has 0 atom stereocenters. The van der Waals surface area contributed by atoms with Crippen molar-refractivity contribution in [2.45, 2.75) is 52.4 Å². The second-order valence-electron chi connectivity index (χ2n) is 7.95. The first-order chi connectivity index (χ1) is 11.1. The molecule has 0 heterocycles. The molecule has 0 bridgehead atoms. The Morgan fingerprint density at radius 1 is 0.667 bits per heavy atom. The summed E-state index contributed by atoms with van der Waals surface area (Å²) in [6.07, 6.45) is 0. The molecule has 130 valence electrons. The van der Waals surface area contributed by atoms with Crippen molar-refractivity contribution < 1.29 is 13.6 Å². The molecule has 0 aliphatic carbocycles. The van der Waals surface area contributed by atoms with E-state index in [1.54, 1.807) is 0 Å². The number of hydrogen-bond donors (Lipinski definition) is 0. The van der Waals surface area contributed by atoms with Gasteiger partial charge < -0.3 is 9.05 Å². The lowest BCUT2D eigenvalue weighted by Crippen LogP contribution is -2.13. The molecule has 0 spiro atoms. The second kappa shape index (κ2) is 7.03. The summed E-state index contributed by atoms with van der Waals surface area (Å²) < 4.78 is 23.8. The van der Waals surface area contributed by atoms with Crippen LogP contribution < -0.4 is 9.05 Å². The van der Waals surface area contributed by atoms with Crippen molar-refractivity contribution in [2.75, 3.05) is 0 Å². The number of rotatable bonds is 4. The fourth-order valence-electron chi connectivity index (χ4n) is 2.55. The van der Waals surface area contributed by atoms with Crippen LogP contribution in [0.1, 0.15) is 52.7 Å². The van der Waals surface area contributed by atoms with Gasteiger partial charge in [0.15, 0.2) is 0 Å². The Morgan fingerprint density at radius 2 is 1.00 bits per heavy atom. The molecule has 0 aromatic heterocycles. The zero-order chi connectivity index (χ0) is 18.0. The van der Waals surface area contributed by atoms with E-state index in [1.807, 2.05) is 48.5 Å². The van der Waals surface area contributed by atoms with Crippen LogP contribution in [0.4, 0.5) is 0 Å². The zero-order valence-electron chi connectivity index (χ0n) is 15.3. The fourth-order valence-corrected chi connectivity index (χ4v) is 3.31. The van der Waals surface area contributed by atoms with Crippen molar-refractivity contribution in [3.63, 3.8) is 0 Å². The third kappa shape index (κ3) is 4.64. The SMILES string of the molecule is CC(C)(C)c1ccccc1O[PH](=O)Oc1ccccc1C(C)(C)C. The van der Waals surface area contributed by atoms with Gasteiger partial charge in [-0.3, -0.25) is 0 Å². The molecule has 0 amide bonds. The van der Waals surface area contributed by atoms with Crippen molar-refractivity contribution >= 4 is 8.25 Å². The topological polar surface area (TPSA) is 35.5 Å². The van der Waals surface area contributed by atoms with Crippen LogP contribution in [0.2, 0.25) is 0 Å². The van der Waals surface area contributed by atoms with Crippen LogP contribution >= 0.6 is 8.25 Å². The van der Waals surface area contributed by atoms with Crippen LogP contribution in [-0.4, -0.2) is 0 Å². The fraction of sp³-hybridized carbons (Fsp3) is 0.400. The highest BCUT2D eigenvalue weighted by Crippen LogP contribution is 2.40. The molecule has 2 aromatic carbocycles. The van der Waals surface area contributed by atoms with Gasteiger partial charge in [0.25, 0.3) is 0 Å². The number of para-hydroxylation sites is 2. The standard InChI is InChI=1S/C20H27O3P/c1-19(2,3)15-11-7-9-13-17(15)22-24(21)23-18-14-10-8-12-16(18)20(4,5)6/h7-14,24H,1-6H3. The molecular weight excluding hydrogens is 319 g/mol. The maximum atomic E-state index is 12.5. The predicted octanol–water partition coefficient (Wildman–Crippen LogP) is 6.13. The van der Waals surface area contributed by atoms with E-state index in [9.17, 15) is 4.57 Å². The molecule has 24 heavy (non-hydrogen) atoms. The summed E-state index contributed by atoms with van der Waals surface area (Å²) in [7, 11) is -2.71. The molecule has 2 aromatic rings. The van der Waals surface area contributed by atoms with E-state index in [1.165, 1.54) is 0 Å². The Kier molecular flexibility index (Phi) is 5.45. The van der Waals surface area contributed by atoms with E-state index in [2.05, 4.69) is 41.5 Å². The minimum absolute atomic E-state index is 0.0952. The van der Waals surface area contributed by atoms with Crippen molar-refractivity contribution in [3.05, 3.63) is 59.7 Å². The minimum Gasteiger partial charge on any atom is -0.418 e. The molecule has 2 rings (SSSR count). The summed E-state index contributed by atoms with van der Waals surface area (Å²) in [5, 5.41) is 0. The van der Waals surface area contributed by atoms with Gasteiger partial charge in [0.2, 0.25) is 0 Å². The Labute approximate surface area is 146 Å². The number of benzene rings is 2. The van der Waals surface area contributed by atoms with Crippen LogP contribution in [0.15, 0.2) is 48.5 Å². The van der Waals surface area contributed by atoms with Crippen LogP contribution in [0.25, 0.3) is 0 Å². The van der Waals surface area contributed by atoms with E-state index < -0.39 is 8.25 Å². The van der Waals surface area contributed by atoms with E-state index in [0.29, 0.717) is 11.5 Å². The molecule has 0 radical (unpaired) electrons. The van der Waals surface area contributed by atoms with E-state index in [4.69, 9.17) is 9.05 Å². The summed E-state index contributed by atoms with van der Waals surface area (Å²) in [6.45, 7) is 12.6. The normalized spacial score (nSPS) is 12.3. The highest BCUT2D eigenvalue weighted by atomic mass is 31.1. The van der Waals surface area contributed by atoms with Crippen LogP contribution in [0.5, 0.6) is 11.5 Å². The molecule has 0 N–H and O–H groups in total. The minimum atomic E-state index is -2.71. The van der Waals surface area contributed by atoms with Crippen LogP contribution in [0.3, 0.4) is 0 Å². The molecular formula is C20H27O3P.